The maximum absolute atomic E-state index is 12.5. The van der Waals surface area contributed by atoms with Crippen molar-refractivity contribution in [1.29, 1.82) is 0 Å². The van der Waals surface area contributed by atoms with Gasteiger partial charge in [0.15, 0.2) is 0 Å². The molecule has 1 aliphatic rings. The molecular formula is C12H12F2O2. The molecule has 1 unspecified atom stereocenters. The molecule has 0 amide bonds. The van der Waals surface area contributed by atoms with Crippen LogP contribution in [0.4, 0.5) is 8.78 Å². The minimum Gasteiger partial charge on any atom is -0.373 e. The van der Waals surface area contributed by atoms with Crippen molar-refractivity contribution in [3.8, 4) is 0 Å². The molecule has 2 nitrogen and oxygen atoms in total. The van der Waals surface area contributed by atoms with Crippen LogP contribution in [0.25, 0.3) is 0 Å². The van der Waals surface area contributed by atoms with Gasteiger partial charge in [-0.05, 0) is 11.6 Å². The highest BCUT2D eigenvalue weighted by molar-refractivity contribution is 5.79. The fourth-order valence-electron chi connectivity index (χ4n) is 1.79. The van der Waals surface area contributed by atoms with E-state index in [1.807, 2.05) is 0 Å². The molecule has 0 spiro atoms. The molecule has 0 aromatic heterocycles. The number of alkyl halides is 2. The quantitative estimate of drug-likeness (QED) is 0.774. The van der Waals surface area contributed by atoms with E-state index in [1.165, 1.54) is 12.1 Å². The van der Waals surface area contributed by atoms with E-state index in [0.717, 1.165) is 0 Å². The molecule has 1 atom stereocenters. The minimum absolute atomic E-state index is 0.0286. The molecule has 0 aliphatic carbocycles. The van der Waals surface area contributed by atoms with E-state index in [1.54, 1.807) is 12.1 Å². The van der Waals surface area contributed by atoms with E-state index in [9.17, 15) is 13.6 Å². The van der Waals surface area contributed by atoms with E-state index >= 15 is 0 Å². The van der Waals surface area contributed by atoms with Crippen LogP contribution in [0.15, 0.2) is 24.3 Å². The molecule has 86 valence electrons. The normalized spacial score (nSPS) is 21.4. The van der Waals surface area contributed by atoms with Gasteiger partial charge in [-0.15, -0.1) is 0 Å². The third kappa shape index (κ3) is 2.44. The number of carbonyl (C=O) groups is 1. The third-order valence-corrected chi connectivity index (χ3v) is 2.65. The van der Waals surface area contributed by atoms with Crippen molar-refractivity contribution >= 4 is 5.78 Å². The van der Waals surface area contributed by atoms with Gasteiger partial charge in [0.1, 0.15) is 5.78 Å². The second-order valence-electron chi connectivity index (χ2n) is 3.82. The van der Waals surface area contributed by atoms with Gasteiger partial charge in [0.2, 0.25) is 0 Å². The van der Waals surface area contributed by atoms with Gasteiger partial charge >= 0.3 is 0 Å². The summed E-state index contributed by atoms with van der Waals surface area (Å²) >= 11 is 0. The van der Waals surface area contributed by atoms with Crippen LogP contribution in [0.1, 0.15) is 36.5 Å². The summed E-state index contributed by atoms with van der Waals surface area (Å²) in [7, 11) is 0. The molecule has 2 rings (SSSR count). The number of rotatable bonds is 2. The van der Waals surface area contributed by atoms with Crippen LogP contribution in [-0.4, -0.2) is 12.4 Å². The van der Waals surface area contributed by atoms with Crippen molar-refractivity contribution < 1.29 is 18.3 Å². The average Bonchev–Trinajstić information content (AvgIpc) is 2.29. The van der Waals surface area contributed by atoms with E-state index < -0.39 is 6.43 Å². The topological polar surface area (TPSA) is 26.3 Å². The van der Waals surface area contributed by atoms with Gasteiger partial charge in [-0.3, -0.25) is 4.79 Å². The largest absolute Gasteiger partial charge is 0.373 e. The Hall–Kier alpha value is -1.29. The Labute approximate surface area is 92.2 Å². The molecule has 4 heteroatoms. The number of halogens is 2. The Balaban J connectivity index is 2.19. The van der Waals surface area contributed by atoms with Crippen molar-refractivity contribution in [1.82, 2.24) is 0 Å². The fraction of sp³-hybridized carbons (Fsp3) is 0.417. The molecule has 1 aromatic rings. The van der Waals surface area contributed by atoms with Gasteiger partial charge in [0.05, 0.1) is 12.7 Å². The second-order valence-corrected chi connectivity index (χ2v) is 3.82. The summed E-state index contributed by atoms with van der Waals surface area (Å²) in [6.45, 7) is 0.377. The molecule has 0 N–H and O–H groups in total. The molecule has 1 heterocycles. The van der Waals surface area contributed by atoms with Crippen molar-refractivity contribution in [3.05, 3.63) is 35.4 Å². The molecule has 0 radical (unpaired) electrons. The van der Waals surface area contributed by atoms with Crippen LogP contribution in [0.3, 0.4) is 0 Å². The number of hydrogen-bond donors (Lipinski definition) is 0. The smallest absolute Gasteiger partial charge is 0.263 e. The summed E-state index contributed by atoms with van der Waals surface area (Å²) < 4.78 is 30.4. The van der Waals surface area contributed by atoms with Crippen molar-refractivity contribution in [2.24, 2.45) is 0 Å². The summed E-state index contributed by atoms with van der Waals surface area (Å²) in [5.41, 5.74) is 0.630. The molecule has 1 aromatic carbocycles. The molecule has 16 heavy (non-hydrogen) atoms. The van der Waals surface area contributed by atoms with Crippen molar-refractivity contribution in [2.45, 2.75) is 25.4 Å². The summed E-state index contributed by atoms with van der Waals surface area (Å²) in [5, 5.41) is 0. The summed E-state index contributed by atoms with van der Waals surface area (Å²) in [6.07, 6.45) is -2.14. The Kier molecular flexibility index (Phi) is 3.29. The number of Topliss-reactive ketones (excluding diaryl/α,β-unsaturated/α-hetero) is 1. The number of carbonyl (C=O) groups excluding carboxylic acids is 1. The van der Waals surface area contributed by atoms with Gasteiger partial charge < -0.3 is 4.74 Å². The number of benzene rings is 1. The zero-order valence-electron chi connectivity index (χ0n) is 8.66. The van der Waals surface area contributed by atoms with Gasteiger partial charge in [-0.1, -0.05) is 18.2 Å². The van der Waals surface area contributed by atoms with Crippen LogP contribution in [0.5, 0.6) is 0 Å². The van der Waals surface area contributed by atoms with Crippen LogP contribution in [0, 0.1) is 0 Å². The molecule has 1 saturated heterocycles. The van der Waals surface area contributed by atoms with Crippen LogP contribution < -0.4 is 0 Å². The number of ketones is 1. The van der Waals surface area contributed by atoms with Gasteiger partial charge in [0, 0.05) is 18.4 Å². The van der Waals surface area contributed by atoms with E-state index in [2.05, 4.69) is 0 Å². The lowest BCUT2D eigenvalue weighted by Gasteiger charge is -2.22. The van der Waals surface area contributed by atoms with Gasteiger partial charge in [0.25, 0.3) is 6.43 Å². The fourth-order valence-corrected chi connectivity index (χ4v) is 1.79. The molecular weight excluding hydrogens is 214 g/mol. The highest BCUT2D eigenvalue weighted by atomic mass is 19.3. The van der Waals surface area contributed by atoms with E-state index in [-0.39, 0.29) is 23.9 Å². The number of hydrogen-bond acceptors (Lipinski definition) is 2. The standard InChI is InChI=1S/C12H12F2O2/c13-12(14)9-3-1-2-8(6-9)11-7-10(15)4-5-16-11/h1-3,6,11-12H,4-5,7H2. The minimum atomic E-state index is -2.49. The maximum atomic E-state index is 12.5. The molecule has 1 fully saturated rings. The molecule has 0 saturated carbocycles. The Morgan fingerprint density at radius 3 is 2.88 bits per heavy atom. The van der Waals surface area contributed by atoms with Gasteiger partial charge in [-0.2, -0.15) is 0 Å². The zero-order chi connectivity index (χ0) is 11.5. The van der Waals surface area contributed by atoms with Gasteiger partial charge in [-0.25, -0.2) is 8.78 Å². The summed E-state index contributed by atoms with van der Waals surface area (Å²) in [4.78, 5) is 11.2. The van der Waals surface area contributed by atoms with Crippen molar-refractivity contribution in [2.75, 3.05) is 6.61 Å². The second kappa shape index (κ2) is 4.70. The summed E-state index contributed by atoms with van der Waals surface area (Å²) in [5.74, 6) is 0.124. The van der Waals surface area contributed by atoms with Crippen LogP contribution >= 0.6 is 0 Å². The maximum Gasteiger partial charge on any atom is 0.263 e. The highest BCUT2D eigenvalue weighted by Crippen LogP contribution is 2.28. The lowest BCUT2D eigenvalue weighted by Crippen LogP contribution is -2.19. The Bertz CT molecular complexity index is 390. The zero-order valence-corrected chi connectivity index (χ0v) is 8.66. The van der Waals surface area contributed by atoms with Crippen LogP contribution in [0.2, 0.25) is 0 Å². The first-order valence-electron chi connectivity index (χ1n) is 5.18. The van der Waals surface area contributed by atoms with E-state index in [4.69, 9.17) is 4.74 Å². The monoisotopic (exact) mass is 226 g/mol. The molecule has 1 aliphatic heterocycles. The first-order chi connectivity index (χ1) is 7.66. The predicted molar refractivity (Wildman–Crippen MR) is 54.3 cm³/mol. The lowest BCUT2D eigenvalue weighted by molar-refractivity contribution is -0.128. The number of ether oxygens (including phenoxy) is 1. The summed E-state index contributed by atoms with van der Waals surface area (Å²) in [6, 6.07) is 6.07. The van der Waals surface area contributed by atoms with E-state index in [0.29, 0.717) is 18.6 Å². The predicted octanol–water partition coefficient (Wildman–Crippen LogP) is 3.04. The Morgan fingerprint density at radius 2 is 2.19 bits per heavy atom. The molecule has 0 bridgehead atoms. The third-order valence-electron chi connectivity index (χ3n) is 2.65. The van der Waals surface area contributed by atoms with Crippen LogP contribution in [-0.2, 0) is 9.53 Å². The highest BCUT2D eigenvalue weighted by Gasteiger charge is 2.22. The lowest BCUT2D eigenvalue weighted by atomic mass is 9.99. The average molecular weight is 226 g/mol. The first-order valence-corrected chi connectivity index (χ1v) is 5.18. The SMILES string of the molecule is O=C1CCOC(c2cccc(C(F)F)c2)C1. The first kappa shape index (κ1) is 11.2. The van der Waals surface area contributed by atoms with Crippen molar-refractivity contribution in [3.63, 3.8) is 0 Å². The Morgan fingerprint density at radius 1 is 1.38 bits per heavy atom.